The average Bonchev–Trinajstić information content (AvgIpc) is 2.56. The first-order valence-electron chi connectivity index (χ1n) is 9.82. The van der Waals surface area contributed by atoms with Crippen LogP contribution in [0.15, 0.2) is 0 Å². The molecule has 3 saturated carbocycles. The van der Waals surface area contributed by atoms with Crippen molar-refractivity contribution in [3.63, 3.8) is 0 Å². The molecule has 0 heterocycles. The molecule has 0 aliphatic heterocycles. The Balaban J connectivity index is 1.79. The van der Waals surface area contributed by atoms with E-state index in [-0.39, 0.29) is 0 Å². The predicted molar refractivity (Wildman–Crippen MR) is 98.9 cm³/mol. The van der Waals surface area contributed by atoms with Gasteiger partial charge in [0, 0.05) is 0 Å². The van der Waals surface area contributed by atoms with Gasteiger partial charge in [0.1, 0.15) is 0 Å². The maximum atomic E-state index is 1.66. The zero-order valence-corrected chi connectivity index (χ0v) is 16.8. The molecule has 0 N–H and O–H groups in total. The molecule has 0 atom stereocenters. The van der Waals surface area contributed by atoms with Crippen LogP contribution in [0, 0.1) is 0 Å². The van der Waals surface area contributed by atoms with Gasteiger partial charge in [-0.2, -0.15) is 0 Å². The molecule has 3 aliphatic rings. The van der Waals surface area contributed by atoms with Crippen molar-refractivity contribution in [1.29, 1.82) is 0 Å². The summed E-state index contributed by atoms with van der Waals surface area (Å²) in [6.45, 7) is -0.908. The fourth-order valence-corrected chi connectivity index (χ4v) is 18.3. The third-order valence-corrected chi connectivity index (χ3v) is 21.8. The standard InChI is InChI=1S/C18H37PSi/c20-19(16-10-4-1-5-11-16,17-12-6-2-7-13-17)18-14-8-3-9-15-18/h16-19H,1-15H2,20H3. The monoisotopic (exact) mass is 312 g/mol. The topological polar surface area (TPSA) is 0 Å². The van der Waals surface area contributed by atoms with Crippen molar-refractivity contribution in [2.24, 2.45) is 0 Å². The van der Waals surface area contributed by atoms with E-state index in [1.807, 2.05) is 0 Å². The summed E-state index contributed by atoms with van der Waals surface area (Å²) in [5, 5.41) is 0. The van der Waals surface area contributed by atoms with Crippen molar-refractivity contribution in [3.05, 3.63) is 0 Å². The molecule has 0 nitrogen and oxygen atoms in total. The Bertz CT molecular complexity index is 240. The van der Waals surface area contributed by atoms with Gasteiger partial charge in [-0.3, -0.25) is 0 Å². The van der Waals surface area contributed by atoms with Gasteiger partial charge in [-0.1, -0.05) is 0 Å². The van der Waals surface area contributed by atoms with Gasteiger partial charge >= 0.3 is 130 Å². The zero-order chi connectivity index (χ0) is 13.8. The van der Waals surface area contributed by atoms with Gasteiger partial charge in [0.15, 0.2) is 0 Å². The van der Waals surface area contributed by atoms with Crippen LogP contribution in [0.4, 0.5) is 0 Å². The van der Waals surface area contributed by atoms with Crippen molar-refractivity contribution in [3.8, 4) is 0 Å². The zero-order valence-electron chi connectivity index (χ0n) is 13.8. The van der Waals surface area contributed by atoms with E-state index in [0.717, 1.165) is 0 Å². The molecule has 3 rings (SSSR count). The molecule has 2 heteroatoms. The van der Waals surface area contributed by atoms with Gasteiger partial charge in [-0.05, 0) is 0 Å². The van der Waals surface area contributed by atoms with E-state index < -0.39 is 6.81 Å². The van der Waals surface area contributed by atoms with E-state index in [1.165, 1.54) is 17.0 Å². The molecule has 118 valence electrons. The van der Waals surface area contributed by atoms with E-state index >= 15 is 0 Å². The molecule has 0 spiro atoms. The van der Waals surface area contributed by atoms with E-state index in [4.69, 9.17) is 0 Å². The van der Waals surface area contributed by atoms with Crippen molar-refractivity contribution >= 4 is 16.7 Å². The summed E-state index contributed by atoms with van der Waals surface area (Å²) >= 11 is 0. The molecule has 0 saturated heterocycles. The fraction of sp³-hybridized carbons (Fsp3) is 1.00. The number of rotatable bonds is 3. The third-order valence-electron chi connectivity index (χ3n) is 7.45. The molecule has 3 aliphatic carbocycles. The average molecular weight is 313 g/mol. The Hall–Kier alpha value is 0.647. The first-order valence-corrected chi connectivity index (χ1v) is 15.5. The summed E-state index contributed by atoms with van der Waals surface area (Å²) in [6, 6.07) is 0. The Labute approximate surface area is 130 Å². The first kappa shape index (κ1) is 15.5. The van der Waals surface area contributed by atoms with Crippen molar-refractivity contribution in [1.82, 2.24) is 0 Å². The van der Waals surface area contributed by atoms with E-state index in [9.17, 15) is 0 Å². The molecule has 0 amide bonds. The van der Waals surface area contributed by atoms with Crippen LogP contribution in [-0.2, 0) is 0 Å². The summed E-state index contributed by atoms with van der Waals surface area (Å²) in [6.07, 6.45) is 24.1. The number of hydrogen-bond acceptors (Lipinski definition) is 0. The molecule has 0 aromatic carbocycles. The Morgan fingerprint density at radius 1 is 0.450 bits per heavy atom. The van der Waals surface area contributed by atoms with Crippen LogP contribution in [0.3, 0.4) is 0 Å². The van der Waals surface area contributed by atoms with Crippen molar-refractivity contribution < 1.29 is 0 Å². The Morgan fingerprint density at radius 3 is 0.950 bits per heavy atom. The fourth-order valence-electron chi connectivity index (χ4n) is 6.17. The van der Waals surface area contributed by atoms with Gasteiger partial charge in [0.25, 0.3) is 0 Å². The second-order valence-corrected chi connectivity index (χ2v) is 18.7. The van der Waals surface area contributed by atoms with Gasteiger partial charge in [0.2, 0.25) is 0 Å². The SMILES string of the molecule is [SiH3][PH](C1CCCCC1)(C1CCCCC1)C1CCCCC1. The summed E-state index contributed by atoms with van der Waals surface area (Å²) < 4.78 is 0. The van der Waals surface area contributed by atoms with Crippen molar-refractivity contribution in [2.75, 3.05) is 0 Å². The van der Waals surface area contributed by atoms with E-state index in [2.05, 4.69) is 0 Å². The molecular formula is C18H37PSi. The van der Waals surface area contributed by atoms with Crippen LogP contribution in [0.1, 0.15) is 96.3 Å². The molecule has 0 unspecified atom stereocenters. The van der Waals surface area contributed by atoms with Crippen LogP contribution in [-0.4, -0.2) is 26.9 Å². The molecule has 0 bridgehead atoms. The van der Waals surface area contributed by atoms with Crippen LogP contribution >= 0.6 is 6.81 Å². The molecule has 3 fully saturated rings. The normalized spacial score (nSPS) is 29.6. The first-order chi connectivity index (χ1) is 9.82. The van der Waals surface area contributed by atoms with Crippen LogP contribution in [0.5, 0.6) is 0 Å². The maximum absolute atomic E-state index is 1.66. The van der Waals surface area contributed by atoms with Crippen LogP contribution < -0.4 is 0 Å². The summed E-state index contributed by atoms with van der Waals surface area (Å²) in [7, 11) is 1.63. The van der Waals surface area contributed by atoms with Crippen LogP contribution in [0.25, 0.3) is 0 Å². The Kier molecular flexibility index (Phi) is 5.65. The molecule has 0 aromatic heterocycles. The second kappa shape index (κ2) is 7.27. The van der Waals surface area contributed by atoms with Gasteiger partial charge in [-0.15, -0.1) is 0 Å². The van der Waals surface area contributed by atoms with E-state index in [1.54, 1.807) is 106 Å². The van der Waals surface area contributed by atoms with Gasteiger partial charge in [0.05, 0.1) is 0 Å². The third kappa shape index (κ3) is 3.19. The van der Waals surface area contributed by atoms with Gasteiger partial charge < -0.3 is 0 Å². The van der Waals surface area contributed by atoms with Crippen molar-refractivity contribution in [2.45, 2.75) is 113 Å². The minimum atomic E-state index is -0.908. The molecule has 0 radical (unpaired) electrons. The molecule has 20 heavy (non-hydrogen) atoms. The van der Waals surface area contributed by atoms with E-state index in [0.29, 0.717) is 0 Å². The predicted octanol–water partition coefficient (Wildman–Crippen LogP) is 5.01. The quantitative estimate of drug-likeness (QED) is 0.507. The minimum absolute atomic E-state index is 0.908. The summed E-state index contributed by atoms with van der Waals surface area (Å²) in [5.41, 5.74) is 3.82. The molecule has 0 aromatic rings. The number of hydrogen-bond donors (Lipinski definition) is 0. The summed E-state index contributed by atoms with van der Waals surface area (Å²) in [5.74, 6) is 0. The molecular weight excluding hydrogens is 275 g/mol. The Morgan fingerprint density at radius 2 is 0.700 bits per heavy atom. The second-order valence-electron chi connectivity index (χ2n) is 8.37. The van der Waals surface area contributed by atoms with Gasteiger partial charge in [-0.25, -0.2) is 0 Å². The van der Waals surface area contributed by atoms with Crippen LogP contribution in [0.2, 0.25) is 0 Å². The summed E-state index contributed by atoms with van der Waals surface area (Å²) in [4.78, 5) is 0.